The molecule has 0 fully saturated rings. The smallest absolute Gasteiger partial charge is 0.103 e. The molecule has 0 aliphatic carbocycles. The number of hydrogen-bond acceptors (Lipinski definition) is 2. The van der Waals surface area contributed by atoms with Gasteiger partial charge in [0.2, 0.25) is 0 Å². The number of halogens is 1. The van der Waals surface area contributed by atoms with Crippen LogP contribution < -0.4 is 5.32 Å². The molecule has 0 heterocycles. The summed E-state index contributed by atoms with van der Waals surface area (Å²) in [5, 5.41) is 12.5. The molecule has 0 radical (unpaired) electrons. The van der Waals surface area contributed by atoms with E-state index in [0.717, 1.165) is 15.8 Å². The van der Waals surface area contributed by atoms with Crippen LogP contribution in [0.25, 0.3) is 0 Å². The standard InChI is InChI=1S/C15H13BrN2/c1-10-6-11(2)8-12(7-10)18-15-5-3-4-14(16)13(15)9-17/h3-8,18H,1-2H3. The summed E-state index contributed by atoms with van der Waals surface area (Å²) in [6, 6.07) is 14.1. The van der Waals surface area contributed by atoms with E-state index in [1.807, 2.05) is 18.2 Å². The van der Waals surface area contributed by atoms with Gasteiger partial charge in [0.15, 0.2) is 0 Å². The average Bonchev–Trinajstić information content (AvgIpc) is 2.27. The first-order valence-electron chi connectivity index (χ1n) is 5.64. The Kier molecular flexibility index (Phi) is 3.69. The Morgan fingerprint density at radius 2 is 1.78 bits per heavy atom. The average molecular weight is 301 g/mol. The molecule has 3 heteroatoms. The lowest BCUT2D eigenvalue weighted by molar-refractivity contribution is 1.37. The maximum Gasteiger partial charge on any atom is 0.103 e. The zero-order chi connectivity index (χ0) is 13.1. The Bertz CT molecular complexity index is 607. The normalized spacial score (nSPS) is 9.89. The second kappa shape index (κ2) is 5.24. The first kappa shape index (κ1) is 12.7. The van der Waals surface area contributed by atoms with Crippen LogP contribution in [0.3, 0.4) is 0 Å². The highest BCUT2D eigenvalue weighted by Gasteiger charge is 2.06. The number of nitriles is 1. The molecule has 2 aromatic carbocycles. The SMILES string of the molecule is Cc1cc(C)cc(Nc2cccc(Br)c2C#N)c1. The van der Waals surface area contributed by atoms with Gasteiger partial charge in [0.05, 0.1) is 11.3 Å². The Labute approximate surface area is 115 Å². The van der Waals surface area contributed by atoms with Gasteiger partial charge in [-0.15, -0.1) is 0 Å². The van der Waals surface area contributed by atoms with Crippen LogP contribution in [0.5, 0.6) is 0 Å². The Morgan fingerprint density at radius 3 is 2.39 bits per heavy atom. The molecular formula is C15H13BrN2. The van der Waals surface area contributed by atoms with Crippen molar-refractivity contribution in [1.29, 1.82) is 5.26 Å². The van der Waals surface area contributed by atoms with Crippen LogP contribution in [-0.2, 0) is 0 Å². The number of anilines is 2. The second-order valence-corrected chi connectivity index (χ2v) is 5.13. The largest absolute Gasteiger partial charge is 0.354 e. The van der Waals surface area contributed by atoms with Crippen molar-refractivity contribution in [3.05, 3.63) is 57.6 Å². The maximum absolute atomic E-state index is 9.17. The molecule has 0 amide bonds. The molecule has 18 heavy (non-hydrogen) atoms. The third kappa shape index (κ3) is 2.72. The molecule has 2 aromatic rings. The van der Waals surface area contributed by atoms with E-state index in [4.69, 9.17) is 5.26 Å². The van der Waals surface area contributed by atoms with Crippen LogP contribution in [0.4, 0.5) is 11.4 Å². The summed E-state index contributed by atoms with van der Waals surface area (Å²) in [5.74, 6) is 0. The van der Waals surface area contributed by atoms with E-state index in [0.29, 0.717) is 5.56 Å². The Balaban J connectivity index is 2.40. The van der Waals surface area contributed by atoms with Crippen LogP contribution in [0.2, 0.25) is 0 Å². The molecule has 2 rings (SSSR count). The van der Waals surface area contributed by atoms with Gasteiger partial charge in [0.25, 0.3) is 0 Å². The van der Waals surface area contributed by atoms with Crippen molar-refractivity contribution in [2.75, 3.05) is 5.32 Å². The van der Waals surface area contributed by atoms with Gasteiger partial charge < -0.3 is 5.32 Å². The summed E-state index contributed by atoms with van der Waals surface area (Å²) >= 11 is 3.39. The maximum atomic E-state index is 9.17. The summed E-state index contributed by atoms with van der Waals surface area (Å²) in [7, 11) is 0. The number of aryl methyl sites for hydroxylation is 2. The van der Waals surface area contributed by atoms with Crippen LogP contribution >= 0.6 is 15.9 Å². The van der Waals surface area contributed by atoms with E-state index in [1.54, 1.807) is 0 Å². The highest BCUT2D eigenvalue weighted by Crippen LogP contribution is 2.27. The summed E-state index contributed by atoms with van der Waals surface area (Å²) in [6.07, 6.45) is 0. The number of nitrogens with zero attached hydrogens (tertiary/aromatic N) is 1. The monoisotopic (exact) mass is 300 g/mol. The van der Waals surface area contributed by atoms with E-state index >= 15 is 0 Å². The quantitative estimate of drug-likeness (QED) is 0.874. The summed E-state index contributed by atoms with van der Waals surface area (Å²) < 4.78 is 0.805. The third-order valence-corrected chi connectivity index (χ3v) is 3.29. The van der Waals surface area contributed by atoms with E-state index in [2.05, 4.69) is 59.4 Å². The van der Waals surface area contributed by atoms with E-state index in [1.165, 1.54) is 11.1 Å². The fourth-order valence-corrected chi connectivity index (χ4v) is 2.40. The van der Waals surface area contributed by atoms with Gasteiger partial charge in [-0.05, 0) is 65.2 Å². The van der Waals surface area contributed by atoms with Crippen molar-refractivity contribution in [3.63, 3.8) is 0 Å². The molecule has 0 aliphatic heterocycles. The molecule has 0 spiro atoms. The second-order valence-electron chi connectivity index (χ2n) is 4.28. The van der Waals surface area contributed by atoms with E-state index in [9.17, 15) is 0 Å². The van der Waals surface area contributed by atoms with Crippen molar-refractivity contribution in [2.45, 2.75) is 13.8 Å². The van der Waals surface area contributed by atoms with Gasteiger partial charge >= 0.3 is 0 Å². The number of nitrogens with one attached hydrogen (secondary N) is 1. The van der Waals surface area contributed by atoms with E-state index < -0.39 is 0 Å². The Morgan fingerprint density at radius 1 is 1.11 bits per heavy atom. The molecule has 0 unspecified atom stereocenters. The van der Waals surface area contributed by atoms with Crippen molar-refractivity contribution >= 4 is 27.3 Å². The van der Waals surface area contributed by atoms with Crippen molar-refractivity contribution in [2.24, 2.45) is 0 Å². The molecule has 90 valence electrons. The number of benzene rings is 2. The first-order chi connectivity index (χ1) is 8.60. The lowest BCUT2D eigenvalue weighted by atomic mass is 10.1. The lowest BCUT2D eigenvalue weighted by Gasteiger charge is -2.10. The van der Waals surface area contributed by atoms with Crippen LogP contribution in [0.1, 0.15) is 16.7 Å². The fourth-order valence-electron chi connectivity index (χ4n) is 1.94. The highest BCUT2D eigenvalue weighted by atomic mass is 79.9. The Hall–Kier alpha value is -1.79. The first-order valence-corrected chi connectivity index (χ1v) is 6.43. The molecule has 2 nitrogen and oxygen atoms in total. The molecule has 0 aliphatic rings. The molecule has 0 saturated heterocycles. The minimum absolute atomic E-state index is 0.622. The predicted molar refractivity (Wildman–Crippen MR) is 78.1 cm³/mol. The minimum atomic E-state index is 0.622. The predicted octanol–water partition coefficient (Wildman–Crippen LogP) is 4.68. The third-order valence-electron chi connectivity index (χ3n) is 2.63. The van der Waals surface area contributed by atoms with Gasteiger partial charge in [0, 0.05) is 10.2 Å². The summed E-state index contributed by atoms with van der Waals surface area (Å²) in [4.78, 5) is 0. The minimum Gasteiger partial charge on any atom is -0.354 e. The van der Waals surface area contributed by atoms with Crippen molar-refractivity contribution < 1.29 is 0 Å². The molecule has 1 N–H and O–H groups in total. The molecule has 0 atom stereocenters. The van der Waals surface area contributed by atoms with Gasteiger partial charge in [0.1, 0.15) is 6.07 Å². The zero-order valence-electron chi connectivity index (χ0n) is 10.3. The molecule has 0 bridgehead atoms. The molecular weight excluding hydrogens is 288 g/mol. The lowest BCUT2D eigenvalue weighted by Crippen LogP contribution is -1.95. The topological polar surface area (TPSA) is 35.8 Å². The van der Waals surface area contributed by atoms with E-state index in [-0.39, 0.29) is 0 Å². The van der Waals surface area contributed by atoms with Crippen LogP contribution in [0, 0.1) is 25.2 Å². The highest BCUT2D eigenvalue weighted by molar-refractivity contribution is 9.10. The van der Waals surface area contributed by atoms with Gasteiger partial charge in [-0.2, -0.15) is 5.26 Å². The fraction of sp³-hybridized carbons (Fsp3) is 0.133. The molecule has 0 aromatic heterocycles. The zero-order valence-corrected chi connectivity index (χ0v) is 11.9. The summed E-state index contributed by atoms with van der Waals surface area (Å²) in [5.41, 5.74) is 4.84. The van der Waals surface area contributed by atoms with Crippen LogP contribution in [0.15, 0.2) is 40.9 Å². The van der Waals surface area contributed by atoms with Crippen LogP contribution in [-0.4, -0.2) is 0 Å². The molecule has 0 saturated carbocycles. The summed E-state index contributed by atoms with van der Waals surface area (Å²) in [6.45, 7) is 4.12. The van der Waals surface area contributed by atoms with Crippen molar-refractivity contribution in [3.8, 4) is 6.07 Å². The van der Waals surface area contributed by atoms with Gasteiger partial charge in [-0.3, -0.25) is 0 Å². The van der Waals surface area contributed by atoms with Gasteiger partial charge in [-0.1, -0.05) is 12.1 Å². The number of hydrogen-bond donors (Lipinski definition) is 1. The van der Waals surface area contributed by atoms with Gasteiger partial charge in [-0.25, -0.2) is 0 Å². The van der Waals surface area contributed by atoms with Crippen molar-refractivity contribution in [1.82, 2.24) is 0 Å². The number of rotatable bonds is 2.